The zero-order valence-electron chi connectivity index (χ0n) is 15.9. The average Bonchev–Trinajstić information content (AvgIpc) is 2.68. The maximum atomic E-state index is 13.4. The third kappa shape index (κ3) is 4.73. The molecule has 1 N–H and O–H groups in total. The third-order valence-corrected chi connectivity index (χ3v) is 5.67. The molecule has 0 aromatic heterocycles. The van der Waals surface area contributed by atoms with Gasteiger partial charge in [0.15, 0.2) is 0 Å². The Morgan fingerprint density at radius 3 is 1.70 bits per heavy atom. The van der Waals surface area contributed by atoms with E-state index in [1.807, 2.05) is 48.5 Å². The Hall–Kier alpha value is -2.24. The molecule has 3 aromatic carbocycles. The van der Waals surface area contributed by atoms with Crippen LogP contribution in [0.15, 0.2) is 78.4 Å². The van der Waals surface area contributed by atoms with Gasteiger partial charge in [-0.15, -0.1) is 0 Å². The number of likely N-dealkylation sites (tertiary alicyclic amines) is 1. The highest BCUT2D eigenvalue weighted by molar-refractivity contribution is 6.30. The minimum absolute atomic E-state index is 0.000408. The molecule has 0 saturated carbocycles. The van der Waals surface area contributed by atoms with Crippen LogP contribution in [0.25, 0.3) is 0 Å². The van der Waals surface area contributed by atoms with Crippen molar-refractivity contribution >= 4 is 23.2 Å². The van der Waals surface area contributed by atoms with Crippen molar-refractivity contribution in [3.63, 3.8) is 0 Å². The zero-order chi connectivity index (χ0) is 21.3. The van der Waals surface area contributed by atoms with Crippen molar-refractivity contribution in [3.8, 4) is 0 Å². The van der Waals surface area contributed by atoms with Gasteiger partial charge >= 0.3 is 0 Å². The van der Waals surface area contributed by atoms with E-state index in [2.05, 4.69) is 4.90 Å². The van der Waals surface area contributed by atoms with Gasteiger partial charge in [0.2, 0.25) is 0 Å². The number of rotatable bonds is 5. The molecule has 1 saturated heterocycles. The predicted octanol–water partition coefficient (Wildman–Crippen LogP) is 6.34. The maximum Gasteiger partial charge on any atom is 0.126 e. The summed E-state index contributed by atoms with van der Waals surface area (Å²) in [4.78, 5) is 2.25. The normalized spacial score (nSPS) is 15.2. The van der Waals surface area contributed by atoms with E-state index in [1.165, 1.54) is 0 Å². The number of nitrogens with zero attached hydrogens (tertiary/aromatic N) is 1. The second-order valence-corrected chi connectivity index (χ2v) is 8.26. The summed E-state index contributed by atoms with van der Waals surface area (Å²) in [6.45, 7) is 1.26. The van der Waals surface area contributed by atoms with Gasteiger partial charge in [-0.2, -0.15) is 0 Å². The molecule has 2 nitrogen and oxygen atoms in total. The number of hydrogen-bond donors (Lipinski definition) is 1. The van der Waals surface area contributed by atoms with Gasteiger partial charge in [0.25, 0.3) is 0 Å². The smallest absolute Gasteiger partial charge is 0.126 e. The molecule has 1 aliphatic rings. The van der Waals surface area contributed by atoms with Crippen LogP contribution in [0, 0.1) is 11.6 Å². The van der Waals surface area contributed by atoms with Crippen molar-refractivity contribution < 1.29 is 13.9 Å². The van der Waals surface area contributed by atoms with Gasteiger partial charge in [0.05, 0.1) is 12.1 Å². The van der Waals surface area contributed by atoms with Crippen LogP contribution in [0.1, 0.15) is 28.8 Å². The first-order valence-electron chi connectivity index (χ1n) is 9.47. The fourth-order valence-electron chi connectivity index (χ4n) is 3.73. The highest BCUT2D eigenvalue weighted by atomic mass is 35.5. The fourth-order valence-corrected chi connectivity index (χ4v) is 3.99. The summed E-state index contributed by atoms with van der Waals surface area (Å²) in [5, 5.41) is 11.7. The second kappa shape index (κ2) is 8.86. The van der Waals surface area contributed by atoms with Crippen LogP contribution in [0.2, 0.25) is 10.0 Å². The minimum Gasteiger partial charge on any atom is -0.384 e. The summed E-state index contributed by atoms with van der Waals surface area (Å²) in [6, 6.07) is 18.5. The summed E-state index contributed by atoms with van der Waals surface area (Å²) in [6.07, 6.45) is 0.600. The molecule has 0 aliphatic carbocycles. The van der Waals surface area contributed by atoms with E-state index in [1.54, 1.807) is 6.08 Å². The van der Waals surface area contributed by atoms with Crippen LogP contribution >= 0.6 is 23.2 Å². The molecular weight excluding hydrogens is 427 g/mol. The highest BCUT2D eigenvalue weighted by Crippen LogP contribution is 2.36. The quantitative estimate of drug-likeness (QED) is 0.463. The molecule has 30 heavy (non-hydrogen) atoms. The van der Waals surface area contributed by atoms with Gasteiger partial charge < -0.3 is 5.11 Å². The van der Waals surface area contributed by atoms with Crippen molar-refractivity contribution in [1.29, 1.82) is 0 Å². The Balaban J connectivity index is 1.54. The van der Waals surface area contributed by atoms with Crippen LogP contribution in [-0.2, 0) is 0 Å². The Labute approximate surface area is 184 Å². The Bertz CT molecular complexity index is 994. The SMILES string of the molecule is OC(C=C1CN(C(c2ccc(Cl)cc2)c2ccc(Cl)cc2)C1)c1cc(F)cc(F)c1. The lowest BCUT2D eigenvalue weighted by atomic mass is 9.92. The molecule has 1 unspecified atom stereocenters. The van der Waals surface area contributed by atoms with Crippen molar-refractivity contribution in [1.82, 2.24) is 4.90 Å². The monoisotopic (exact) mass is 445 g/mol. The topological polar surface area (TPSA) is 23.5 Å². The number of halogens is 4. The largest absolute Gasteiger partial charge is 0.384 e. The van der Waals surface area contributed by atoms with Crippen LogP contribution in [0.5, 0.6) is 0 Å². The molecule has 1 heterocycles. The zero-order valence-corrected chi connectivity index (χ0v) is 17.4. The number of benzene rings is 3. The van der Waals surface area contributed by atoms with E-state index < -0.39 is 17.7 Å². The highest BCUT2D eigenvalue weighted by Gasteiger charge is 2.30. The predicted molar refractivity (Wildman–Crippen MR) is 116 cm³/mol. The fraction of sp³-hybridized carbons (Fsp3) is 0.167. The molecule has 0 radical (unpaired) electrons. The third-order valence-electron chi connectivity index (χ3n) is 5.17. The molecule has 1 aliphatic heterocycles. The van der Waals surface area contributed by atoms with Gasteiger partial charge in [-0.25, -0.2) is 8.78 Å². The first kappa shape index (κ1) is 21.0. The molecule has 154 valence electrons. The van der Waals surface area contributed by atoms with E-state index >= 15 is 0 Å². The molecule has 1 atom stereocenters. The van der Waals surface area contributed by atoms with Gasteiger partial charge in [-0.05, 0) is 64.7 Å². The number of hydrogen-bond acceptors (Lipinski definition) is 2. The molecular formula is C24H19Cl2F2NO. The maximum absolute atomic E-state index is 13.4. The van der Waals surface area contributed by atoms with E-state index in [0.717, 1.165) is 34.9 Å². The van der Waals surface area contributed by atoms with Gasteiger partial charge in [0.1, 0.15) is 11.6 Å². The lowest BCUT2D eigenvalue weighted by Gasteiger charge is -2.41. The minimum atomic E-state index is -1.06. The van der Waals surface area contributed by atoms with Crippen molar-refractivity contribution in [2.45, 2.75) is 12.1 Å². The van der Waals surface area contributed by atoms with Crippen molar-refractivity contribution in [2.75, 3.05) is 13.1 Å². The second-order valence-electron chi connectivity index (χ2n) is 7.38. The first-order chi connectivity index (χ1) is 14.4. The summed E-state index contributed by atoms with van der Waals surface area (Å²) < 4.78 is 26.8. The van der Waals surface area contributed by atoms with Gasteiger partial charge in [-0.3, -0.25) is 4.90 Å². The summed E-state index contributed by atoms with van der Waals surface area (Å²) in [5.74, 6) is -1.41. The molecule has 4 rings (SSSR count). The lowest BCUT2D eigenvalue weighted by molar-refractivity contribution is 0.188. The molecule has 0 amide bonds. The summed E-state index contributed by atoms with van der Waals surface area (Å²) >= 11 is 12.1. The van der Waals surface area contributed by atoms with Crippen molar-refractivity contribution in [3.05, 3.63) is 117 Å². The molecule has 0 spiro atoms. The van der Waals surface area contributed by atoms with Crippen LogP contribution in [-0.4, -0.2) is 23.1 Å². The number of aliphatic hydroxyl groups is 1. The number of aliphatic hydroxyl groups excluding tert-OH is 1. The van der Waals surface area contributed by atoms with E-state index in [4.69, 9.17) is 23.2 Å². The van der Waals surface area contributed by atoms with E-state index in [0.29, 0.717) is 23.1 Å². The summed E-state index contributed by atoms with van der Waals surface area (Å²) in [5.41, 5.74) is 3.38. The first-order valence-corrected chi connectivity index (χ1v) is 10.2. The van der Waals surface area contributed by atoms with Crippen LogP contribution in [0.4, 0.5) is 8.78 Å². The van der Waals surface area contributed by atoms with Crippen molar-refractivity contribution in [2.24, 2.45) is 0 Å². The molecule has 3 aromatic rings. The van der Waals surface area contributed by atoms with Gasteiger partial charge in [-0.1, -0.05) is 47.5 Å². The van der Waals surface area contributed by atoms with Crippen LogP contribution < -0.4 is 0 Å². The van der Waals surface area contributed by atoms with E-state index in [-0.39, 0.29) is 11.6 Å². The van der Waals surface area contributed by atoms with E-state index in [9.17, 15) is 13.9 Å². The Kier molecular flexibility index (Phi) is 6.21. The molecule has 0 bridgehead atoms. The molecule has 6 heteroatoms. The van der Waals surface area contributed by atoms with Gasteiger partial charge in [0, 0.05) is 29.2 Å². The average molecular weight is 446 g/mol. The summed E-state index contributed by atoms with van der Waals surface area (Å²) in [7, 11) is 0. The Morgan fingerprint density at radius 1 is 0.767 bits per heavy atom. The lowest BCUT2D eigenvalue weighted by Crippen LogP contribution is -2.43. The van der Waals surface area contributed by atoms with Crippen LogP contribution in [0.3, 0.4) is 0 Å². The molecule has 1 fully saturated rings. The Morgan fingerprint density at radius 2 is 1.23 bits per heavy atom. The standard InChI is InChI=1S/C24H19Cl2F2NO/c25-19-5-1-16(2-6-19)24(17-3-7-20(26)8-4-17)29-13-15(14-29)9-23(30)18-10-21(27)12-22(28)11-18/h1-12,23-24,30H,13-14H2.